The van der Waals surface area contributed by atoms with Gasteiger partial charge in [0, 0.05) is 16.6 Å². The zero-order valence-electron chi connectivity index (χ0n) is 11.3. The lowest BCUT2D eigenvalue weighted by molar-refractivity contribution is -0.137. The number of rotatable bonds is 4. The molecule has 0 bridgehead atoms. The van der Waals surface area contributed by atoms with Crippen LogP contribution in [0.4, 0.5) is 13.2 Å². The molecule has 4 nitrogen and oxygen atoms in total. The summed E-state index contributed by atoms with van der Waals surface area (Å²) in [6.07, 6.45) is -3.34. The molecule has 2 aromatic rings. The molecule has 0 aliphatic carbocycles. The second-order valence-electron chi connectivity index (χ2n) is 4.13. The first-order chi connectivity index (χ1) is 9.88. The van der Waals surface area contributed by atoms with Crippen molar-refractivity contribution < 1.29 is 22.6 Å². The zero-order chi connectivity index (χ0) is 15.6. The van der Waals surface area contributed by atoms with Crippen LogP contribution in [0.15, 0.2) is 24.4 Å². The fourth-order valence-corrected chi connectivity index (χ4v) is 2.68. The van der Waals surface area contributed by atoms with E-state index in [1.165, 1.54) is 14.2 Å². The van der Waals surface area contributed by atoms with Crippen LogP contribution in [0.3, 0.4) is 0 Å². The van der Waals surface area contributed by atoms with Gasteiger partial charge in [0.25, 0.3) is 0 Å². The number of ether oxygens (including phenoxy) is 2. The van der Waals surface area contributed by atoms with E-state index >= 15 is 0 Å². The summed E-state index contributed by atoms with van der Waals surface area (Å²) in [5.74, 6) is 0.862. The molecule has 1 aromatic heterocycles. The van der Waals surface area contributed by atoms with Gasteiger partial charge in [-0.2, -0.15) is 13.2 Å². The van der Waals surface area contributed by atoms with Crippen molar-refractivity contribution in [3.05, 3.63) is 39.8 Å². The molecule has 1 heterocycles. The van der Waals surface area contributed by atoms with Crippen molar-refractivity contribution in [1.29, 1.82) is 0 Å². The van der Waals surface area contributed by atoms with Crippen molar-refractivity contribution in [3.8, 4) is 11.5 Å². The second kappa shape index (κ2) is 5.90. The van der Waals surface area contributed by atoms with Gasteiger partial charge < -0.3 is 15.2 Å². The minimum atomic E-state index is -4.47. The Morgan fingerprint density at radius 2 is 1.95 bits per heavy atom. The smallest absolute Gasteiger partial charge is 0.443 e. The van der Waals surface area contributed by atoms with E-state index in [4.69, 9.17) is 15.2 Å². The molecule has 0 aliphatic rings. The molecule has 2 N–H and O–H groups in total. The molecule has 0 saturated carbocycles. The lowest BCUT2D eigenvalue weighted by Gasteiger charge is -2.16. The summed E-state index contributed by atoms with van der Waals surface area (Å²) in [5, 5.41) is -0.921. The first-order valence-corrected chi connectivity index (χ1v) is 6.69. The Hall–Kier alpha value is -1.80. The predicted octanol–water partition coefficient (Wildman–Crippen LogP) is 3.23. The highest BCUT2D eigenvalue weighted by Crippen LogP contribution is 2.39. The van der Waals surface area contributed by atoms with Gasteiger partial charge in [-0.3, -0.25) is 0 Å². The Kier molecular flexibility index (Phi) is 4.38. The van der Waals surface area contributed by atoms with Crippen molar-refractivity contribution >= 4 is 11.3 Å². The third kappa shape index (κ3) is 3.11. The van der Waals surface area contributed by atoms with Crippen LogP contribution in [0.25, 0.3) is 0 Å². The van der Waals surface area contributed by atoms with Crippen LogP contribution in [-0.2, 0) is 6.18 Å². The second-order valence-corrected chi connectivity index (χ2v) is 5.19. The summed E-state index contributed by atoms with van der Waals surface area (Å²) in [6.45, 7) is 0. The average molecular weight is 318 g/mol. The number of nitrogens with zero attached hydrogens (tertiary/aromatic N) is 1. The Morgan fingerprint density at radius 3 is 2.48 bits per heavy atom. The Morgan fingerprint density at radius 1 is 1.24 bits per heavy atom. The third-order valence-corrected chi connectivity index (χ3v) is 3.97. The summed E-state index contributed by atoms with van der Waals surface area (Å²) in [6, 6.07) is 4.29. The minimum absolute atomic E-state index is 0.300. The molecule has 0 spiro atoms. The number of methoxy groups -OCH3 is 2. The molecule has 0 aliphatic heterocycles. The van der Waals surface area contributed by atoms with E-state index < -0.39 is 17.2 Å². The van der Waals surface area contributed by atoms with Gasteiger partial charge in [-0.15, -0.1) is 11.3 Å². The van der Waals surface area contributed by atoms with E-state index in [-0.39, 0.29) is 0 Å². The predicted molar refractivity (Wildman–Crippen MR) is 72.7 cm³/mol. The monoisotopic (exact) mass is 318 g/mol. The number of benzene rings is 1. The molecule has 8 heteroatoms. The van der Waals surface area contributed by atoms with Gasteiger partial charge in [-0.1, -0.05) is 12.1 Å². The largest absolute Gasteiger partial charge is 0.493 e. The number of thiazole rings is 1. The van der Waals surface area contributed by atoms with Crippen molar-refractivity contribution in [1.82, 2.24) is 4.98 Å². The quantitative estimate of drug-likeness (QED) is 0.940. The highest BCUT2D eigenvalue weighted by molar-refractivity contribution is 7.11. The summed E-state index contributed by atoms with van der Waals surface area (Å²) in [7, 11) is 2.92. The van der Waals surface area contributed by atoms with E-state index in [1.807, 2.05) is 0 Å². The molecule has 21 heavy (non-hydrogen) atoms. The third-order valence-electron chi connectivity index (χ3n) is 2.84. The van der Waals surface area contributed by atoms with Gasteiger partial charge in [-0.05, 0) is 6.07 Å². The van der Waals surface area contributed by atoms with Crippen LogP contribution in [0, 0.1) is 0 Å². The molecule has 1 atom stereocenters. The maximum atomic E-state index is 12.6. The molecule has 2 rings (SSSR count). The summed E-state index contributed by atoms with van der Waals surface area (Å²) >= 11 is 0.518. The highest BCUT2D eigenvalue weighted by atomic mass is 32.1. The van der Waals surface area contributed by atoms with Crippen molar-refractivity contribution in [3.63, 3.8) is 0 Å². The van der Waals surface area contributed by atoms with E-state index in [9.17, 15) is 13.2 Å². The molecule has 0 radical (unpaired) electrons. The number of para-hydroxylation sites is 1. The van der Waals surface area contributed by atoms with Gasteiger partial charge in [0.15, 0.2) is 16.5 Å². The standard InChI is InChI=1S/C13H13F3N2O2S/c1-19-8-5-3-4-7(11(8)20-2)10(17)9-6-18-12(21-9)13(14,15)16/h3-6,10H,17H2,1-2H3. The molecule has 0 amide bonds. The van der Waals surface area contributed by atoms with Crippen molar-refractivity contribution in [2.24, 2.45) is 5.73 Å². The van der Waals surface area contributed by atoms with Crippen LogP contribution >= 0.6 is 11.3 Å². The summed E-state index contributed by atoms with van der Waals surface area (Å²) in [4.78, 5) is 3.67. The van der Waals surface area contributed by atoms with Crippen LogP contribution in [0.5, 0.6) is 11.5 Å². The van der Waals surface area contributed by atoms with E-state index in [1.54, 1.807) is 18.2 Å². The number of aromatic nitrogens is 1. The van der Waals surface area contributed by atoms with Crippen LogP contribution < -0.4 is 15.2 Å². The lowest BCUT2D eigenvalue weighted by atomic mass is 10.0. The van der Waals surface area contributed by atoms with Gasteiger partial charge in [-0.25, -0.2) is 4.98 Å². The lowest BCUT2D eigenvalue weighted by Crippen LogP contribution is -2.12. The molecule has 114 valence electrons. The summed E-state index contributed by atoms with van der Waals surface area (Å²) < 4.78 is 48.2. The summed E-state index contributed by atoms with van der Waals surface area (Å²) in [5.41, 5.74) is 6.58. The van der Waals surface area contributed by atoms with Crippen LogP contribution in [0.1, 0.15) is 21.5 Å². The van der Waals surface area contributed by atoms with Crippen LogP contribution in [0.2, 0.25) is 0 Å². The number of alkyl halides is 3. The van der Waals surface area contributed by atoms with Crippen molar-refractivity contribution in [2.45, 2.75) is 12.2 Å². The number of nitrogens with two attached hydrogens (primary N) is 1. The van der Waals surface area contributed by atoms with Gasteiger partial charge in [0.05, 0.1) is 20.3 Å². The van der Waals surface area contributed by atoms with Gasteiger partial charge >= 0.3 is 6.18 Å². The van der Waals surface area contributed by atoms with E-state index in [2.05, 4.69) is 4.98 Å². The normalized spacial score (nSPS) is 13.0. The fraction of sp³-hybridized carbons (Fsp3) is 0.308. The van der Waals surface area contributed by atoms with Crippen LogP contribution in [-0.4, -0.2) is 19.2 Å². The molecular weight excluding hydrogens is 305 g/mol. The first-order valence-electron chi connectivity index (χ1n) is 5.88. The number of hydrogen-bond donors (Lipinski definition) is 1. The molecule has 0 saturated heterocycles. The molecule has 0 fully saturated rings. The average Bonchev–Trinajstić information content (AvgIpc) is 2.95. The molecule has 1 aromatic carbocycles. The highest BCUT2D eigenvalue weighted by Gasteiger charge is 2.35. The topological polar surface area (TPSA) is 57.4 Å². The Labute approximate surface area is 123 Å². The molecular formula is C13H13F3N2O2S. The fourth-order valence-electron chi connectivity index (χ4n) is 1.87. The van der Waals surface area contributed by atoms with Gasteiger partial charge in [0.1, 0.15) is 0 Å². The minimum Gasteiger partial charge on any atom is -0.493 e. The number of hydrogen-bond acceptors (Lipinski definition) is 5. The Balaban J connectivity index is 2.40. The Bertz CT molecular complexity index is 628. The number of halogens is 3. The first kappa shape index (κ1) is 15.6. The van der Waals surface area contributed by atoms with E-state index in [0.717, 1.165) is 6.20 Å². The maximum absolute atomic E-state index is 12.6. The van der Waals surface area contributed by atoms with Gasteiger partial charge in [0.2, 0.25) is 0 Å². The van der Waals surface area contributed by atoms with Crippen molar-refractivity contribution in [2.75, 3.05) is 14.2 Å². The maximum Gasteiger partial charge on any atom is 0.443 e. The SMILES string of the molecule is COc1cccc(C(N)c2cnc(C(F)(F)F)s2)c1OC. The zero-order valence-corrected chi connectivity index (χ0v) is 12.1. The molecule has 1 unspecified atom stereocenters. The van der Waals surface area contributed by atoms with E-state index in [0.29, 0.717) is 33.3 Å².